The van der Waals surface area contributed by atoms with Crippen molar-refractivity contribution in [2.45, 2.75) is 0 Å². The third-order valence-electron chi connectivity index (χ3n) is 1.84. The largest absolute Gasteiger partial charge is 0.497 e. The second-order valence-corrected chi connectivity index (χ2v) is 6.39. The molecule has 9 heteroatoms. The van der Waals surface area contributed by atoms with Crippen molar-refractivity contribution in [2.24, 2.45) is 5.50 Å². The Hall–Kier alpha value is -1.47. The zero-order valence-corrected chi connectivity index (χ0v) is 11.1. The molecule has 0 saturated heterocycles. The first-order valence-electron chi connectivity index (χ1n) is 4.71. The molecule has 0 saturated carbocycles. The average molecular weight is 289 g/mol. The van der Waals surface area contributed by atoms with Gasteiger partial charge in [0.2, 0.25) is 6.57 Å². The lowest BCUT2D eigenvalue weighted by Gasteiger charge is -2.11. The number of rotatable bonds is 3. The van der Waals surface area contributed by atoms with Gasteiger partial charge in [0.1, 0.15) is 5.75 Å². The first-order chi connectivity index (χ1) is 8.31. The quantitative estimate of drug-likeness (QED) is 0.596. The number of carbonyl (C=O) groups is 2. The molecule has 18 heavy (non-hydrogen) atoms. The highest BCUT2D eigenvalue weighted by Crippen LogP contribution is 2.22. The van der Waals surface area contributed by atoms with Crippen LogP contribution in [0.1, 0.15) is 10.4 Å². The lowest BCUT2D eigenvalue weighted by molar-refractivity contribution is 0.0965. The molecule has 1 aromatic rings. The summed E-state index contributed by atoms with van der Waals surface area (Å²) in [5.41, 5.74) is 5.33. The number of amides is 3. The summed E-state index contributed by atoms with van der Waals surface area (Å²) < 4.78 is 4.93. The smallest absolute Gasteiger partial charge is 0.328 e. The number of hydrogen-bond acceptors (Lipinski definition) is 4. The van der Waals surface area contributed by atoms with Gasteiger partial charge in [-0.1, -0.05) is 0 Å². The van der Waals surface area contributed by atoms with Gasteiger partial charge in [-0.2, -0.15) is 0 Å². The number of benzene rings is 1. The van der Waals surface area contributed by atoms with E-state index in [9.17, 15) is 9.59 Å². The number of urea groups is 1. The topological polar surface area (TPSA) is 114 Å². The third-order valence-corrected chi connectivity index (χ3v) is 2.64. The van der Waals surface area contributed by atoms with Crippen molar-refractivity contribution >= 4 is 30.3 Å². The normalized spacial score (nSPS) is 13.3. The second-order valence-electron chi connectivity index (χ2n) is 3.25. The highest BCUT2D eigenvalue weighted by molar-refractivity contribution is 8.09. The van der Waals surface area contributed by atoms with Gasteiger partial charge in [-0.05, 0) is 36.1 Å². The van der Waals surface area contributed by atoms with Crippen LogP contribution in [0.5, 0.6) is 5.75 Å². The Balaban J connectivity index is 2.65. The maximum atomic E-state index is 11.6. The van der Waals surface area contributed by atoms with Crippen molar-refractivity contribution in [1.29, 1.82) is 0 Å². The molecular formula is C9H12N3O4PS. The number of nitrogens with two attached hydrogens (primary N) is 1. The Labute approximate surface area is 109 Å². The van der Waals surface area contributed by atoms with E-state index < -0.39 is 18.5 Å². The van der Waals surface area contributed by atoms with Crippen LogP contribution < -0.4 is 20.6 Å². The van der Waals surface area contributed by atoms with E-state index >= 15 is 0 Å². The van der Waals surface area contributed by atoms with E-state index in [2.05, 4.69) is 11.8 Å². The van der Waals surface area contributed by atoms with Gasteiger partial charge in [-0.3, -0.25) is 20.7 Å². The Kier molecular flexibility index (Phi) is 4.80. The first kappa shape index (κ1) is 14.6. The van der Waals surface area contributed by atoms with E-state index in [0.29, 0.717) is 5.75 Å². The van der Waals surface area contributed by atoms with Crippen LogP contribution in [0, 0.1) is 0 Å². The van der Waals surface area contributed by atoms with E-state index in [-0.39, 0.29) is 5.56 Å². The van der Waals surface area contributed by atoms with Crippen LogP contribution in [0.4, 0.5) is 4.79 Å². The van der Waals surface area contributed by atoms with Gasteiger partial charge in [0, 0.05) is 5.56 Å². The molecule has 0 heterocycles. The van der Waals surface area contributed by atoms with Gasteiger partial charge in [-0.15, -0.1) is 0 Å². The number of imide groups is 1. The SMILES string of the molecule is COc1ccc(C(=O)NC(=O)NP(N)(O)=S)cc1. The van der Waals surface area contributed by atoms with Gasteiger partial charge >= 0.3 is 6.03 Å². The summed E-state index contributed by atoms with van der Waals surface area (Å²) in [4.78, 5) is 31.8. The van der Waals surface area contributed by atoms with Crippen molar-refractivity contribution < 1.29 is 19.2 Å². The van der Waals surface area contributed by atoms with Gasteiger partial charge in [0.05, 0.1) is 7.11 Å². The summed E-state index contributed by atoms with van der Waals surface area (Å²) in [6, 6.07) is 5.18. The van der Waals surface area contributed by atoms with E-state index in [4.69, 9.17) is 15.1 Å². The maximum absolute atomic E-state index is 11.6. The van der Waals surface area contributed by atoms with E-state index in [1.165, 1.54) is 19.2 Å². The Bertz CT molecular complexity index is 499. The monoisotopic (exact) mass is 289 g/mol. The number of nitrogens with one attached hydrogen (secondary N) is 2. The second kappa shape index (κ2) is 5.92. The molecule has 0 aliphatic heterocycles. The lowest BCUT2D eigenvalue weighted by Crippen LogP contribution is -2.38. The number of methoxy groups -OCH3 is 1. The summed E-state index contributed by atoms with van der Waals surface area (Å²) in [6.07, 6.45) is 0. The van der Waals surface area contributed by atoms with Gasteiger partial charge in [0.25, 0.3) is 5.91 Å². The molecule has 1 rings (SSSR count). The Morgan fingerprint density at radius 1 is 1.39 bits per heavy atom. The molecular weight excluding hydrogens is 277 g/mol. The minimum atomic E-state index is -3.38. The molecule has 7 nitrogen and oxygen atoms in total. The van der Waals surface area contributed by atoms with Crippen molar-refractivity contribution in [3.63, 3.8) is 0 Å². The van der Waals surface area contributed by atoms with Crippen molar-refractivity contribution in [2.75, 3.05) is 7.11 Å². The summed E-state index contributed by atoms with van der Waals surface area (Å²) in [6.45, 7) is -3.38. The molecule has 0 spiro atoms. The number of carbonyl (C=O) groups excluding carboxylic acids is 2. The van der Waals surface area contributed by atoms with Crippen LogP contribution in [0.15, 0.2) is 24.3 Å². The van der Waals surface area contributed by atoms with E-state index in [0.717, 1.165) is 0 Å². The molecule has 3 amide bonds. The molecule has 0 fully saturated rings. The summed E-state index contributed by atoms with van der Waals surface area (Å²) in [5, 5.41) is 3.89. The standard InChI is InChI=1S/C9H12N3O4PS/c1-16-7-4-2-6(3-5-7)8(13)11-9(14)12-17(10,15)18/h2-5H,1H3,(H5,10,11,12,13,14,15,18). The predicted octanol–water partition coefficient (Wildman–Crippen LogP) is 0.310. The van der Waals surface area contributed by atoms with Gasteiger partial charge in [-0.25, -0.2) is 4.79 Å². The van der Waals surface area contributed by atoms with Gasteiger partial charge in [0.15, 0.2) is 0 Å². The minimum Gasteiger partial charge on any atom is -0.497 e. The molecule has 0 aromatic heterocycles. The Morgan fingerprint density at radius 3 is 2.39 bits per heavy atom. The van der Waals surface area contributed by atoms with Crippen LogP contribution in [0.25, 0.3) is 0 Å². The van der Waals surface area contributed by atoms with Crippen LogP contribution in [0.2, 0.25) is 0 Å². The Morgan fingerprint density at radius 2 is 1.94 bits per heavy atom. The lowest BCUT2D eigenvalue weighted by atomic mass is 10.2. The van der Waals surface area contributed by atoms with Crippen molar-refractivity contribution in [1.82, 2.24) is 10.4 Å². The molecule has 1 atom stereocenters. The van der Waals surface area contributed by atoms with Crippen LogP contribution >= 0.6 is 6.57 Å². The fraction of sp³-hybridized carbons (Fsp3) is 0.111. The van der Waals surface area contributed by atoms with E-state index in [1.54, 1.807) is 12.1 Å². The summed E-state index contributed by atoms with van der Waals surface area (Å²) in [7, 11) is 1.50. The molecule has 0 bridgehead atoms. The molecule has 98 valence electrons. The maximum Gasteiger partial charge on any atom is 0.328 e. The zero-order chi connectivity index (χ0) is 13.8. The molecule has 0 aliphatic rings. The number of hydrogen-bond donors (Lipinski definition) is 4. The number of ether oxygens (including phenoxy) is 1. The van der Waals surface area contributed by atoms with E-state index in [1.807, 2.05) is 10.4 Å². The first-order valence-corrected chi connectivity index (χ1v) is 7.53. The fourth-order valence-electron chi connectivity index (χ4n) is 1.09. The van der Waals surface area contributed by atoms with Crippen molar-refractivity contribution in [3.8, 4) is 5.75 Å². The summed E-state index contributed by atoms with van der Waals surface area (Å²) in [5.74, 6) is -0.0533. The molecule has 1 aromatic carbocycles. The average Bonchev–Trinajstić information content (AvgIpc) is 2.26. The summed E-state index contributed by atoms with van der Waals surface area (Å²) >= 11 is 4.41. The fourth-order valence-corrected chi connectivity index (χ4v) is 1.69. The molecule has 0 aliphatic carbocycles. The minimum absolute atomic E-state index is 0.259. The highest BCUT2D eigenvalue weighted by Gasteiger charge is 2.14. The molecule has 1 unspecified atom stereocenters. The molecule has 5 N–H and O–H groups in total. The third kappa shape index (κ3) is 4.80. The van der Waals surface area contributed by atoms with Crippen LogP contribution in [-0.4, -0.2) is 23.9 Å². The van der Waals surface area contributed by atoms with Crippen LogP contribution in [-0.2, 0) is 11.8 Å². The van der Waals surface area contributed by atoms with Gasteiger partial charge < -0.3 is 9.63 Å². The predicted molar refractivity (Wildman–Crippen MR) is 69.7 cm³/mol. The van der Waals surface area contributed by atoms with Crippen LogP contribution in [0.3, 0.4) is 0 Å². The zero-order valence-electron chi connectivity index (χ0n) is 9.41. The van der Waals surface area contributed by atoms with Crippen molar-refractivity contribution in [3.05, 3.63) is 29.8 Å². The molecule has 0 radical (unpaired) electrons. The highest BCUT2D eigenvalue weighted by atomic mass is 32.4.